The van der Waals surface area contributed by atoms with Crippen LogP contribution in [0.1, 0.15) is 47.4 Å². The molecule has 1 amide bonds. The van der Waals surface area contributed by atoms with Crippen LogP contribution in [0, 0.1) is 18.3 Å². The second-order valence-electron chi connectivity index (χ2n) is 6.63. The van der Waals surface area contributed by atoms with E-state index in [1.165, 1.54) is 15.9 Å². The zero-order valence-electron chi connectivity index (χ0n) is 15.6. The fraction of sp³-hybridized carbons (Fsp3) is 0.474. The number of nitrogens with one attached hydrogen (secondary N) is 1. The van der Waals surface area contributed by atoms with Crippen LogP contribution in [0.2, 0.25) is 0 Å². The number of thiazole rings is 1. The summed E-state index contributed by atoms with van der Waals surface area (Å²) >= 11 is 2.53. The third-order valence-corrected chi connectivity index (χ3v) is 6.75. The Morgan fingerprint density at radius 3 is 2.82 bits per heavy atom. The molecule has 0 bridgehead atoms. The van der Waals surface area contributed by atoms with Gasteiger partial charge in [-0.15, -0.1) is 11.3 Å². The normalized spacial score (nSPS) is 13.3. The van der Waals surface area contributed by atoms with Gasteiger partial charge in [0.2, 0.25) is 0 Å². The maximum absolute atomic E-state index is 12.2. The molecule has 2 aromatic rings. The molecular formula is C19H21N3O4S2. The van der Waals surface area contributed by atoms with Gasteiger partial charge in [0, 0.05) is 22.5 Å². The lowest BCUT2D eigenvalue weighted by Crippen LogP contribution is -2.22. The summed E-state index contributed by atoms with van der Waals surface area (Å²) in [6, 6.07) is 2.20. The van der Waals surface area contributed by atoms with Gasteiger partial charge in [-0.25, -0.2) is 0 Å². The lowest BCUT2D eigenvalue weighted by Gasteiger charge is -2.07. The number of anilines is 1. The molecule has 0 aromatic carbocycles. The molecule has 2 heterocycles. The van der Waals surface area contributed by atoms with Crippen molar-refractivity contribution in [1.29, 1.82) is 5.26 Å². The van der Waals surface area contributed by atoms with E-state index < -0.39 is 18.5 Å². The van der Waals surface area contributed by atoms with Gasteiger partial charge in [-0.3, -0.25) is 14.4 Å². The minimum Gasteiger partial charge on any atom is -0.456 e. The Kier molecular flexibility index (Phi) is 6.65. The largest absolute Gasteiger partial charge is 0.456 e. The summed E-state index contributed by atoms with van der Waals surface area (Å²) in [5, 5.41) is 14.5. The number of nitriles is 1. The number of carbonyl (C=O) groups excluding carboxylic acids is 2. The van der Waals surface area contributed by atoms with Crippen molar-refractivity contribution in [3.05, 3.63) is 36.7 Å². The minimum atomic E-state index is -0.546. The second kappa shape index (κ2) is 9.17. The van der Waals surface area contributed by atoms with Gasteiger partial charge in [0.15, 0.2) is 6.61 Å². The van der Waals surface area contributed by atoms with Crippen molar-refractivity contribution in [2.75, 3.05) is 11.9 Å². The van der Waals surface area contributed by atoms with Gasteiger partial charge < -0.3 is 14.6 Å². The van der Waals surface area contributed by atoms with Gasteiger partial charge in [0.25, 0.3) is 5.91 Å². The number of hydrogen-bond donors (Lipinski definition) is 1. The van der Waals surface area contributed by atoms with Crippen molar-refractivity contribution in [3.8, 4) is 6.07 Å². The van der Waals surface area contributed by atoms with E-state index in [0.29, 0.717) is 10.6 Å². The third-order valence-electron chi connectivity index (χ3n) is 4.67. The fourth-order valence-corrected chi connectivity index (χ4v) is 5.22. The quantitative estimate of drug-likeness (QED) is 0.573. The Bertz CT molecular complexity index is 980. The topological polar surface area (TPSA) is 101 Å². The van der Waals surface area contributed by atoms with Crippen molar-refractivity contribution < 1.29 is 14.3 Å². The molecular weight excluding hydrogens is 398 g/mol. The van der Waals surface area contributed by atoms with Crippen LogP contribution >= 0.6 is 22.7 Å². The van der Waals surface area contributed by atoms with Crippen molar-refractivity contribution in [2.24, 2.45) is 0 Å². The molecule has 3 rings (SSSR count). The molecule has 0 unspecified atom stereocenters. The van der Waals surface area contributed by atoms with Crippen LogP contribution in [0.5, 0.6) is 0 Å². The molecule has 0 saturated heterocycles. The van der Waals surface area contributed by atoms with Crippen LogP contribution in [0.25, 0.3) is 0 Å². The molecule has 0 aliphatic heterocycles. The zero-order valence-corrected chi connectivity index (χ0v) is 17.2. The highest BCUT2D eigenvalue weighted by molar-refractivity contribution is 7.16. The molecule has 2 aromatic heterocycles. The lowest BCUT2D eigenvalue weighted by molar-refractivity contribution is -0.147. The van der Waals surface area contributed by atoms with E-state index >= 15 is 0 Å². The van der Waals surface area contributed by atoms with Crippen molar-refractivity contribution >= 4 is 39.6 Å². The molecule has 1 N–H and O–H groups in total. The second-order valence-corrected chi connectivity index (χ2v) is 8.56. The maximum Gasteiger partial charge on any atom is 0.308 e. The molecule has 7 nitrogen and oxygen atoms in total. The third kappa shape index (κ3) is 4.69. The Hall–Kier alpha value is -2.44. The van der Waals surface area contributed by atoms with Gasteiger partial charge in [0.1, 0.15) is 11.1 Å². The number of thiophene rings is 1. The van der Waals surface area contributed by atoms with Gasteiger partial charge in [0.05, 0.1) is 12.0 Å². The van der Waals surface area contributed by atoms with Crippen LogP contribution in [0.3, 0.4) is 0 Å². The Balaban J connectivity index is 1.53. The summed E-state index contributed by atoms with van der Waals surface area (Å²) in [6.07, 6.45) is 5.11. The Morgan fingerprint density at radius 1 is 1.32 bits per heavy atom. The molecule has 1 aliphatic rings. The number of fused-ring (bicyclic) bond motifs is 1. The van der Waals surface area contributed by atoms with Crippen LogP contribution in [-0.2, 0) is 33.7 Å². The number of amides is 1. The summed E-state index contributed by atoms with van der Waals surface area (Å²) < 4.78 is 6.51. The first-order valence-electron chi connectivity index (χ1n) is 9.14. The average Bonchev–Trinajstić information content (AvgIpc) is 3.06. The van der Waals surface area contributed by atoms with Gasteiger partial charge >= 0.3 is 10.8 Å². The smallest absolute Gasteiger partial charge is 0.308 e. The lowest BCUT2D eigenvalue weighted by atomic mass is 10.1. The van der Waals surface area contributed by atoms with Crippen molar-refractivity contribution in [2.45, 2.75) is 52.0 Å². The predicted octanol–water partition coefficient (Wildman–Crippen LogP) is 2.99. The van der Waals surface area contributed by atoms with E-state index in [4.69, 9.17) is 4.74 Å². The zero-order chi connectivity index (χ0) is 20.1. The molecule has 0 saturated carbocycles. The number of hydrogen-bond acceptors (Lipinski definition) is 7. The van der Waals surface area contributed by atoms with Gasteiger partial charge in [-0.05, 0) is 38.2 Å². The first-order chi connectivity index (χ1) is 13.5. The van der Waals surface area contributed by atoms with Crippen LogP contribution in [0.4, 0.5) is 5.00 Å². The molecule has 0 atom stereocenters. The highest BCUT2D eigenvalue weighted by Crippen LogP contribution is 2.36. The molecule has 148 valence electrons. The maximum atomic E-state index is 12.2. The average molecular weight is 420 g/mol. The highest BCUT2D eigenvalue weighted by atomic mass is 32.1. The number of ether oxygens (including phenoxy) is 1. The van der Waals surface area contributed by atoms with E-state index in [0.717, 1.165) is 59.6 Å². The molecule has 1 aliphatic carbocycles. The summed E-state index contributed by atoms with van der Waals surface area (Å²) in [6.45, 7) is 1.61. The molecule has 0 spiro atoms. The first kappa shape index (κ1) is 20.3. The van der Waals surface area contributed by atoms with Crippen LogP contribution in [0.15, 0.2) is 10.2 Å². The highest BCUT2D eigenvalue weighted by Gasteiger charge is 2.21. The number of nitrogens with zero attached hydrogens (tertiary/aromatic N) is 2. The summed E-state index contributed by atoms with van der Waals surface area (Å²) in [4.78, 5) is 36.7. The molecule has 0 radical (unpaired) electrons. The Morgan fingerprint density at radius 2 is 2.11 bits per heavy atom. The van der Waals surface area contributed by atoms with Crippen molar-refractivity contribution in [3.63, 3.8) is 0 Å². The number of aromatic nitrogens is 1. The van der Waals surface area contributed by atoms with E-state index in [1.807, 2.05) is 0 Å². The number of rotatable bonds is 6. The van der Waals surface area contributed by atoms with Crippen LogP contribution in [-0.4, -0.2) is 23.1 Å². The fourth-order valence-electron chi connectivity index (χ4n) is 3.21. The Labute approximate surface area is 170 Å². The minimum absolute atomic E-state index is 0.0154. The van der Waals surface area contributed by atoms with Gasteiger partial charge in [-0.1, -0.05) is 17.8 Å². The summed E-state index contributed by atoms with van der Waals surface area (Å²) in [7, 11) is 0. The summed E-state index contributed by atoms with van der Waals surface area (Å²) in [5.41, 5.74) is 2.38. The van der Waals surface area contributed by atoms with E-state index in [1.54, 1.807) is 12.3 Å². The summed E-state index contributed by atoms with van der Waals surface area (Å²) in [5.74, 6) is -1.01. The van der Waals surface area contributed by atoms with Crippen LogP contribution < -0.4 is 10.2 Å². The predicted molar refractivity (Wildman–Crippen MR) is 108 cm³/mol. The van der Waals surface area contributed by atoms with E-state index in [-0.39, 0.29) is 17.8 Å². The molecule has 28 heavy (non-hydrogen) atoms. The molecule has 0 fully saturated rings. The van der Waals surface area contributed by atoms with Crippen molar-refractivity contribution in [1.82, 2.24) is 4.57 Å². The number of carbonyl (C=O) groups is 2. The van der Waals surface area contributed by atoms with Gasteiger partial charge in [-0.2, -0.15) is 5.26 Å². The SMILES string of the molecule is Cc1csc(=O)n1CCC(=O)OCC(=O)Nc1sc2c(c1C#N)CCCCC2. The van der Waals surface area contributed by atoms with E-state index in [9.17, 15) is 19.6 Å². The van der Waals surface area contributed by atoms with E-state index in [2.05, 4.69) is 11.4 Å². The molecule has 9 heteroatoms. The standard InChI is InChI=1S/C19H21N3O4S2/c1-12-11-27-19(25)22(12)8-7-17(24)26-10-16(23)21-18-14(9-20)13-5-3-2-4-6-15(13)28-18/h11H,2-8,10H2,1H3,(H,21,23). The number of esters is 1. The first-order valence-corrected chi connectivity index (χ1v) is 10.8. The number of aryl methyl sites for hydroxylation is 2. The monoisotopic (exact) mass is 419 g/mol.